The van der Waals surface area contributed by atoms with Gasteiger partial charge >= 0.3 is 11.8 Å². The second kappa shape index (κ2) is 9.01. The Balaban J connectivity index is 1.44. The second-order valence-corrected chi connectivity index (χ2v) is 7.17. The molecule has 2 heterocycles. The van der Waals surface area contributed by atoms with Gasteiger partial charge in [0.2, 0.25) is 5.82 Å². The van der Waals surface area contributed by atoms with Crippen molar-refractivity contribution in [3.8, 4) is 22.8 Å². The van der Waals surface area contributed by atoms with Crippen LogP contribution in [-0.2, 0) is 6.54 Å². The minimum atomic E-state index is -0.449. The maximum absolute atomic E-state index is 12.4. The third-order valence-corrected chi connectivity index (χ3v) is 4.79. The van der Waals surface area contributed by atoms with Crippen LogP contribution in [0.15, 0.2) is 59.3 Å². The number of nitrogens with zero attached hydrogens (tertiary/aromatic N) is 4. The van der Waals surface area contributed by atoms with Gasteiger partial charge in [-0.2, -0.15) is 10.1 Å². The monoisotopic (exact) mass is 437 g/mol. The minimum absolute atomic E-state index is 0.112. The Morgan fingerprint density at radius 1 is 1.16 bits per heavy atom. The third kappa shape index (κ3) is 4.75. The number of hydrogen-bond acceptors (Lipinski definition) is 6. The van der Waals surface area contributed by atoms with Gasteiger partial charge in [0.25, 0.3) is 0 Å². The van der Waals surface area contributed by atoms with E-state index in [1.54, 1.807) is 23.0 Å². The number of hydrogen-bond donors (Lipinski definition) is 1. The van der Waals surface area contributed by atoms with Gasteiger partial charge in [-0.25, -0.2) is 4.68 Å². The van der Waals surface area contributed by atoms with E-state index in [9.17, 15) is 4.79 Å². The fraction of sp³-hybridized carbons (Fsp3) is 0.182. The van der Waals surface area contributed by atoms with Crippen molar-refractivity contribution < 1.29 is 14.1 Å². The van der Waals surface area contributed by atoms with Crippen LogP contribution in [0.1, 0.15) is 28.9 Å². The fourth-order valence-electron chi connectivity index (χ4n) is 2.96. The van der Waals surface area contributed by atoms with E-state index in [0.29, 0.717) is 35.3 Å². The van der Waals surface area contributed by atoms with Gasteiger partial charge < -0.3 is 14.6 Å². The van der Waals surface area contributed by atoms with Crippen molar-refractivity contribution in [1.82, 2.24) is 25.2 Å². The molecule has 0 saturated heterocycles. The van der Waals surface area contributed by atoms with Crippen LogP contribution in [-0.4, -0.2) is 32.4 Å². The molecule has 0 atom stereocenters. The maximum atomic E-state index is 12.4. The first-order valence-electron chi connectivity index (χ1n) is 9.69. The lowest BCUT2D eigenvalue weighted by atomic mass is 10.2. The van der Waals surface area contributed by atoms with Crippen LogP contribution in [0.25, 0.3) is 17.1 Å². The summed E-state index contributed by atoms with van der Waals surface area (Å²) in [6.07, 6.45) is 1.78. The van der Waals surface area contributed by atoms with E-state index in [1.807, 2.05) is 50.2 Å². The van der Waals surface area contributed by atoms with Crippen molar-refractivity contribution in [2.75, 3.05) is 6.61 Å². The summed E-state index contributed by atoms with van der Waals surface area (Å²) in [6.45, 7) is 4.70. The summed E-state index contributed by atoms with van der Waals surface area (Å²) < 4.78 is 12.3. The molecule has 158 valence electrons. The Hall–Kier alpha value is -3.65. The van der Waals surface area contributed by atoms with E-state index in [2.05, 4.69) is 20.6 Å². The predicted octanol–water partition coefficient (Wildman–Crippen LogP) is 4.21. The molecule has 0 aliphatic rings. The van der Waals surface area contributed by atoms with E-state index in [-0.39, 0.29) is 5.89 Å². The molecule has 1 amide bonds. The lowest BCUT2D eigenvalue weighted by Crippen LogP contribution is -2.23. The quantitative estimate of drug-likeness (QED) is 0.465. The van der Waals surface area contributed by atoms with Gasteiger partial charge in [0.15, 0.2) is 0 Å². The summed E-state index contributed by atoms with van der Waals surface area (Å²) in [5.41, 5.74) is 3.15. The van der Waals surface area contributed by atoms with Crippen LogP contribution in [0.2, 0.25) is 5.02 Å². The zero-order valence-corrected chi connectivity index (χ0v) is 17.8. The number of halogens is 1. The summed E-state index contributed by atoms with van der Waals surface area (Å²) in [5, 5.41) is 11.8. The van der Waals surface area contributed by atoms with Gasteiger partial charge in [0.1, 0.15) is 5.75 Å². The van der Waals surface area contributed by atoms with E-state index < -0.39 is 5.91 Å². The second-order valence-electron chi connectivity index (χ2n) is 6.73. The number of nitrogens with one attached hydrogen (secondary N) is 1. The summed E-state index contributed by atoms with van der Waals surface area (Å²) in [5.74, 6) is 0.521. The van der Waals surface area contributed by atoms with Crippen LogP contribution < -0.4 is 10.1 Å². The first-order chi connectivity index (χ1) is 15.0. The molecule has 0 aliphatic carbocycles. The Kier molecular flexibility index (Phi) is 5.99. The van der Waals surface area contributed by atoms with Crippen molar-refractivity contribution in [1.29, 1.82) is 0 Å². The molecule has 0 spiro atoms. The Morgan fingerprint density at radius 2 is 1.90 bits per heavy atom. The molecule has 4 rings (SSSR count). The molecule has 2 aromatic carbocycles. The molecule has 1 N–H and O–H groups in total. The average molecular weight is 438 g/mol. The zero-order chi connectivity index (χ0) is 21.8. The van der Waals surface area contributed by atoms with Crippen LogP contribution in [0.5, 0.6) is 5.75 Å². The lowest BCUT2D eigenvalue weighted by Gasteiger charge is -2.05. The SMILES string of the molecule is CCOc1ccc(CNC(=O)c2nc(-c3cn(-c4ccc(Cl)cc4)nc3C)no2)cc1. The molecule has 0 unspecified atom stereocenters. The van der Waals surface area contributed by atoms with Crippen molar-refractivity contribution in [2.24, 2.45) is 0 Å². The molecule has 0 saturated carbocycles. The normalized spacial score (nSPS) is 10.8. The Labute approximate surface area is 183 Å². The lowest BCUT2D eigenvalue weighted by molar-refractivity contribution is 0.0907. The fourth-order valence-corrected chi connectivity index (χ4v) is 3.08. The van der Waals surface area contributed by atoms with Crippen LogP contribution in [0.4, 0.5) is 0 Å². The van der Waals surface area contributed by atoms with Gasteiger partial charge in [-0.15, -0.1) is 0 Å². The number of rotatable bonds is 7. The van der Waals surface area contributed by atoms with Crippen molar-refractivity contribution in [3.63, 3.8) is 0 Å². The van der Waals surface area contributed by atoms with Gasteiger partial charge in [-0.05, 0) is 55.8 Å². The highest BCUT2D eigenvalue weighted by Gasteiger charge is 2.19. The number of carbonyl (C=O) groups excluding carboxylic acids is 1. The summed E-state index contributed by atoms with van der Waals surface area (Å²) in [7, 11) is 0. The minimum Gasteiger partial charge on any atom is -0.494 e. The van der Waals surface area contributed by atoms with E-state index in [1.165, 1.54) is 0 Å². The highest BCUT2D eigenvalue weighted by Crippen LogP contribution is 2.22. The Morgan fingerprint density at radius 3 is 2.61 bits per heavy atom. The smallest absolute Gasteiger partial charge is 0.316 e. The number of aromatic nitrogens is 4. The van der Waals surface area contributed by atoms with Crippen LogP contribution >= 0.6 is 11.6 Å². The maximum Gasteiger partial charge on any atom is 0.316 e. The highest BCUT2D eigenvalue weighted by molar-refractivity contribution is 6.30. The molecule has 31 heavy (non-hydrogen) atoms. The van der Waals surface area contributed by atoms with E-state index >= 15 is 0 Å². The number of aryl methyl sites for hydroxylation is 1. The first kappa shape index (κ1) is 20.6. The zero-order valence-electron chi connectivity index (χ0n) is 17.0. The third-order valence-electron chi connectivity index (χ3n) is 4.54. The summed E-state index contributed by atoms with van der Waals surface area (Å²) in [6, 6.07) is 14.8. The van der Waals surface area contributed by atoms with Gasteiger partial charge in [0.05, 0.1) is 23.6 Å². The van der Waals surface area contributed by atoms with Crippen molar-refractivity contribution >= 4 is 17.5 Å². The molecular formula is C22H20ClN5O3. The van der Waals surface area contributed by atoms with Gasteiger partial charge in [0, 0.05) is 17.8 Å². The molecule has 0 aliphatic heterocycles. The summed E-state index contributed by atoms with van der Waals surface area (Å²) in [4.78, 5) is 16.6. The molecule has 0 bridgehead atoms. The molecule has 2 aromatic heterocycles. The van der Waals surface area contributed by atoms with Crippen molar-refractivity contribution in [3.05, 3.63) is 76.9 Å². The number of ether oxygens (including phenoxy) is 1. The molecule has 4 aromatic rings. The van der Waals surface area contributed by atoms with Crippen molar-refractivity contribution in [2.45, 2.75) is 20.4 Å². The highest BCUT2D eigenvalue weighted by atomic mass is 35.5. The largest absolute Gasteiger partial charge is 0.494 e. The molecule has 0 radical (unpaired) electrons. The molecule has 8 nitrogen and oxygen atoms in total. The van der Waals surface area contributed by atoms with Crippen LogP contribution in [0, 0.1) is 6.92 Å². The van der Waals surface area contributed by atoms with Crippen LogP contribution in [0.3, 0.4) is 0 Å². The average Bonchev–Trinajstić information content (AvgIpc) is 3.41. The van der Waals surface area contributed by atoms with E-state index in [4.69, 9.17) is 20.9 Å². The molecule has 0 fully saturated rings. The topological polar surface area (TPSA) is 95.1 Å². The van der Waals surface area contributed by atoms with Gasteiger partial charge in [-0.1, -0.05) is 28.9 Å². The Bertz CT molecular complexity index is 1180. The number of benzene rings is 2. The standard InChI is InChI=1S/C22H20ClN5O3/c1-3-30-18-10-4-15(5-11-18)12-24-21(29)22-25-20(27-31-22)19-13-28(26-14(19)2)17-8-6-16(23)7-9-17/h4-11,13H,3,12H2,1-2H3,(H,24,29). The summed E-state index contributed by atoms with van der Waals surface area (Å²) >= 11 is 5.94. The molecule has 9 heteroatoms. The molecular weight excluding hydrogens is 418 g/mol. The number of amides is 1. The predicted molar refractivity (Wildman–Crippen MR) is 115 cm³/mol. The first-order valence-corrected chi connectivity index (χ1v) is 10.1. The number of carbonyl (C=O) groups is 1. The van der Waals surface area contributed by atoms with E-state index in [0.717, 1.165) is 17.0 Å². The van der Waals surface area contributed by atoms with Gasteiger partial charge in [-0.3, -0.25) is 4.79 Å².